The molecular formula is C7H11N3O. The van der Waals surface area contributed by atoms with E-state index in [1.165, 1.54) is 0 Å². The first kappa shape index (κ1) is 6.52. The molecule has 60 valence electrons. The molecule has 1 fully saturated rings. The summed E-state index contributed by atoms with van der Waals surface area (Å²) < 4.78 is 0. The molecule has 1 saturated heterocycles. The quantitative estimate of drug-likeness (QED) is 0.500. The summed E-state index contributed by atoms with van der Waals surface area (Å²) in [6, 6.07) is 0. The van der Waals surface area contributed by atoms with Gasteiger partial charge in [0.25, 0.3) is 0 Å². The van der Waals surface area contributed by atoms with Crippen molar-refractivity contribution >= 4 is 5.91 Å². The van der Waals surface area contributed by atoms with Gasteiger partial charge in [-0.25, -0.2) is 0 Å². The van der Waals surface area contributed by atoms with E-state index in [0.717, 1.165) is 25.5 Å². The Morgan fingerprint density at radius 1 is 1.82 bits per heavy atom. The van der Waals surface area contributed by atoms with Crippen LogP contribution in [0.2, 0.25) is 0 Å². The van der Waals surface area contributed by atoms with E-state index in [1.807, 2.05) is 6.08 Å². The molecule has 0 aromatic carbocycles. The van der Waals surface area contributed by atoms with Gasteiger partial charge < -0.3 is 16.0 Å². The monoisotopic (exact) mass is 153 g/mol. The summed E-state index contributed by atoms with van der Waals surface area (Å²) >= 11 is 0. The van der Waals surface area contributed by atoms with E-state index >= 15 is 0 Å². The number of nitrogens with two attached hydrogens (primary N) is 1. The van der Waals surface area contributed by atoms with Gasteiger partial charge in [-0.2, -0.15) is 0 Å². The van der Waals surface area contributed by atoms with Crippen LogP contribution >= 0.6 is 0 Å². The Kier molecular flexibility index (Phi) is 1.27. The van der Waals surface area contributed by atoms with Gasteiger partial charge in [0.1, 0.15) is 0 Å². The molecule has 0 spiro atoms. The molecule has 0 aliphatic carbocycles. The fourth-order valence-corrected chi connectivity index (χ4v) is 1.56. The Balaban J connectivity index is 2.13. The van der Waals surface area contributed by atoms with Crippen LogP contribution in [0.15, 0.2) is 11.9 Å². The third-order valence-corrected chi connectivity index (χ3v) is 2.17. The van der Waals surface area contributed by atoms with Crippen LogP contribution in [0.25, 0.3) is 0 Å². The minimum atomic E-state index is -0.228. The molecular weight excluding hydrogens is 142 g/mol. The van der Waals surface area contributed by atoms with E-state index in [-0.39, 0.29) is 11.8 Å². The highest BCUT2D eigenvalue weighted by Gasteiger charge is 2.29. The highest BCUT2D eigenvalue weighted by atomic mass is 16.1. The molecule has 0 saturated carbocycles. The molecule has 0 bridgehead atoms. The van der Waals surface area contributed by atoms with Crippen molar-refractivity contribution in [1.29, 1.82) is 0 Å². The highest BCUT2D eigenvalue weighted by Crippen LogP contribution is 2.20. The lowest BCUT2D eigenvalue weighted by molar-refractivity contribution is -0.120. The number of carbonyl (C=O) groups excluding carboxylic acids is 1. The van der Waals surface area contributed by atoms with Crippen LogP contribution < -0.4 is 11.1 Å². The maximum absolute atomic E-state index is 10.8. The van der Waals surface area contributed by atoms with Crippen molar-refractivity contribution in [2.45, 2.75) is 0 Å². The largest absolute Gasteiger partial charge is 0.370 e. The summed E-state index contributed by atoms with van der Waals surface area (Å²) in [7, 11) is 0. The van der Waals surface area contributed by atoms with Crippen LogP contribution in [-0.2, 0) is 4.79 Å². The lowest BCUT2D eigenvalue weighted by atomic mass is 10.1. The molecule has 3 N–H and O–H groups in total. The van der Waals surface area contributed by atoms with Crippen LogP contribution in [0, 0.1) is 5.92 Å². The van der Waals surface area contributed by atoms with Crippen molar-refractivity contribution < 1.29 is 4.79 Å². The van der Waals surface area contributed by atoms with Gasteiger partial charge >= 0.3 is 0 Å². The molecule has 4 heteroatoms. The molecule has 1 unspecified atom stereocenters. The lowest BCUT2D eigenvalue weighted by Crippen LogP contribution is -2.28. The van der Waals surface area contributed by atoms with E-state index in [1.54, 1.807) is 0 Å². The molecule has 2 aliphatic rings. The molecule has 4 nitrogen and oxygen atoms in total. The topological polar surface area (TPSA) is 58.4 Å². The number of nitrogens with zero attached hydrogens (tertiary/aromatic N) is 1. The summed E-state index contributed by atoms with van der Waals surface area (Å²) in [6.07, 6.45) is 1.91. The predicted octanol–water partition coefficient (Wildman–Crippen LogP) is -1.15. The number of nitrogens with one attached hydrogen (secondary N) is 1. The van der Waals surface area contributed by atoms with Gasteiger partial charge in [-0.05, 0) is 6.08 Å². The van der Waals surface area contributed by atoms with Crippen LogP contribution in [-0.4, -0.2) is 30.4 Å². The fourth-order valence-electron chi connectivity index (χ4n) is 1.56. The standard InChI is InChI=1S/C7H11N3O/c8-7(11)5-3-6-9-1-2-10(6)4-5/h3,5,9H,1-2,4H2,(H2,8,11). The molecule has 2 aliphatic heterocycles. The van der Waals surface area contributed by atoms with Crippen LogP contribution in [0.4, 0.5) is 0 Å². The smallest absolute Gasteiger partial charge is 0.226 e. The van der Waals surface area contributed by atoms with Gasteiger partial charge in [-0.3, -0.25) is 4.79 Å². The summed E-state index contributed by atoms with van der Waals surface area (Å²) in [5.74, 6) is 0.764. The molecule has 0 aromatic rings. The second-order valence-corrected chi connectivity index (χ2v) is 2.93. The van der Waals surface area contributed by atoms with E-state index in [0.29, 0.717) is 0 Å². The van der Waals surface area contributed by atoms with Gasteiger partial charge in [0.2, 0.25) is 5.91 Å². The molecule has 11 heavy (non-hydrogen) atoms. The molecule has 0 radical (unpaired) electrons. The van der Waals surface area contributed by atoms with Gasteiger partial charge in [-0.15, -0.1) is 0 Å². The lowest BCUT2D eigenvalue weighted by Gasteiger charge is -2.11. The van der Waals surface area contributed by atoms with Crippen LogP contribution in [0.1, 0.15) is 0 Å². The Bertz CT molecular complexity index is 224. The minimum absolute atomic E-state index is 0.0854. The number of rotatable bonds is 1. The Labute approximate surface area is 65.0 Å². The summed E-state index contributed by atoms with van der Waals surface area (Å²) in [5, 5.41) is 3.18. The van der Waals surface area contributed by atoms with Crippen molar-refractivity contribution in [3.63, 3.8) is 0 Å². The maximum atomic E-state index is 10.8. The Hall–Kier alpha value is -1.19. The zero-order valence-electron chi connectivity index (χ0n) is 6.21. The maximum Gasteiger partial charge on any atom is 0.226 e. The average Bonchev–Trinajstić information content (AvgIpc) is 2.40. The molecule has 2 heterocycles. The zero-order chi connectivity index (χ0) is 7.84. The molecule has 0 aromatic heterocycles. The second kappa shape index (κ2) is 2.15. The van der Waals surface area contributed by atoms with Gasteiger partial charge in [0.05, 0.1) is 11.7 Å². The number of primary amides is 1. The van der Waals surface area contributed by atoms with Gasteiger partial charge in [0.15, 0.2) is 0 Å². The van der Waals surface area contributed by atoms with Crippen molar-refractivity contribution in [2.75, 3.05) is 19.6 Å². The Morgan fingerprint density at radius 2 is 2.64 bits per heavy atom. The highest BCUT2D eigenvalue weighted by molar-refractivity contribution is 5.79. The number of carbonyl (C=O) groups is 1. The van der Waals surface area contributed by atoms with Crippen LogP contribution in [0.5, 0.6) is 0 Å². The second-order valence-electron chi connectivity index (χ2n) is 2.93. The number of hydrogen-bond donors (Lipinski definition) is 2. The summed E-state index contributed by atoms with van der Waals surface area (Å²) in [5.41, 5.74) is 5.16. The van der Waals surface area contributed by atoms with E-state index in [4.69, 9.17) is 5.73 Å². The van der Waals surface area contributed by atoms with E-state index in [9.17, 15) is 4.79 Å². The third kappa shape index (κ3) is 0.943. The first-order valence-electron chi connectivity index (χ1n) is 3.77. The van der Waals surface area contributed by atoms with Crippen molar-refractivity contribution in [3.8, 4) is 0 Å². The molecule has 1 amide bonds. The van der Waals surface area contributed by atoms with Gasteiger partial charge in [-0.1, -0.05) is 0 Å². The first-order chi connectivity index (χ1) is 5.27. The first-order valence-corrected chi connectivity index (χ1v) is 3.77. The van der Waals surface area contributed by atoms with Crippen molar-refractivity contribution in [3.05, 3.63) is 11.9 Å². The number of hydrogen-bond acceptors (Lipinski definition) is 3. The van der Waals surface area contributed by atoms with Gasteiger partial charge in [0, 0.05) is 19.6 Å². The molecule has 2 rings (SSSR count). The van der Waals surface area contributed by atoms with Crippen molar-refractivity contribution in [2.24, 2.45) is 11.7 Å². The predicted molar refractivity (Wildman–Crippen MR) is 40.3 cm³/mol. The Morgan fingerprint density at radius 3 is 3.27 bits per heavy atom. The third-order valence-electron chi connectivity index (χ3n) is 2.17. The molecule has 1 atom stereocenters. The summed E-state index contributed by atoms with van der Waals surface area (Å²) in [4.78, 5) is 12.9. The number of fused-ring (bicyclic) bond motifs is 1. The zero-order valence-corrected chi connectivity index (χ0v) is 6.21. The van der Waals surface area contributed by atoms with Crippen LogP contribution in [0.3, 0.4) is 0 Å². The van der Waals surface area contributed by atoms with Crippen molar-refractivity contribution in [1.82, 2.24) is 10.2 Å². The minimum Gasteiger partial charge on any atom is -0.370 e. The number of amides is 1. The van der Waals surface area contributed by atoms with E-state index < -0.39 is 0 Å². The van der Waals surface area contributed by atoms with E-state index in [2.05, 4.69) is 10.2 Å². The SMILES string of the molecule is NC(=O)C1C=C2NCCN2C1. The fraction of sp³-hybridized carbons (Fsp3) is 0.571. The average molecular weight is 153 g/mol. The summed E-state index contributed by atoms with van der Waals surface area (Å²) in [6.45, 7) is 2.74. The normalized spacial score (nSPS) is 27.8.